The minimum atomic E-state index is -3.46. The van der Waals surface area contributed by atoms with E-state index in [-0.39, 0.29) is 41.2 Å². The van der Waals surface area contributed by atoms with Gasteiger partial charge in [0.2, 0.25) is 10.0 Å². The van der Waals surface area contributed by atoms with Crippen LogP contribution in [0.25, 0.3) is 0 Å². The van der Waals surface area contributed by atoms with E-state index in [1.807, 2.05) is 0 Å². The number of anilines is 1. The van der Waals surface area contributed by atoms with Gasteiger partial charge >= 0.3 is 0 Å². The molecule has 2 rings (SSSR count). The molecule has 2 atom stereocenters. The van der Waals surface area contributed by atoms with Crippen molar-refractivity contribution < 1.29 is 18.3 Å². The van der Waals surface area contributed by atoms with Crippen LogP contribution in [0.15, 0.2) is 24.3 Å². The van der Waals surface area contributed by atoms with Gasteiger partial charge in [0.1, 0.15) is 0 Å². The van der Waals surface area contributed by atoms with Crippen LogP contribution in [0.5, 0.6) is 0 Å². The highest BCUT2D eigenvalue weighted by atomic mass is 35.5. The van der Waals surface area contributed by atoms with Crippen LogP contribution in [0.3, 0.4) is 0 Å². The van der Waals surface area contributed by atoms with Crippen LogP contribution in [0.4, 0.5) is 5.69 Å². The van der Waals surface area contributed by atoms with E-state index < -0.39 is 16.1 Å². The number of carbonyl (C=O) groups is 1. The molecule has 1 amide bonds. The maximum atomic E-state index is 12.3. The molecule has 4 N–H and O–H groups in total. The summed E-state index contributed by atoms with van der Waals surface area (Å²) < 4.78 is 26.3. The third-order valence-electron chi connectivity index (χ3n) is 3.74. The predicted octanol–water partition coefficient (Wildman–Crippen LogP) is 0.570. The normalized spacial score (nSPS) is 20.2. The summed E-state index contributed by atoms with van der Waals surface area (Å²) in [5.74, 6) is -0.398. The number of para-hydroxylation sites is 1. The second-order valence-electron chi connectivity index (χ2n) is 5.66. The summed E-state index contributed by atoms with van der Waals surface area (Å²) >= 11 is 0. The van der Waals surface area contributed by atoms with Crippen LogP contribution in [0.2, 0.25) is 0 Å². The molecule has 9 heteroatoms. The number of hydrogen-bond acceptors (Lipinski definition) is 5. The van der Waals surface area contributed by atoms with E-state index in [0.717, 1.165) is 0 Å². The van der Waals surface area contributed by atoms with Gasteiger partial charge in [0, 0.05) is 25.6 Å². The van der Waals surface area contributed by atoms with Crippen LogP contribution in [-0.4, -0.2) is 50.9 Å². The highest BCUT2D eigenvalue weighted by molar-refractivity contribution is 7.92. The Morgan fingerprint density at radius 1 is 1.33 bits per heavy atom. The summed E-state index contributed by atoms with van der Waals surface area (Å²) in [6.45, 7) is 3.28. The van der Waals surface area contributed by atoms with Crippen molar-refractivity contribution >= 4 is 34.0 Å². The number of carbonyl (C=O) groups excluding carboxylic acids is 1. The van der Waals surface area contributed by atoms with Crippen molar-refractivity contribution in [3.05, 3.63) is 29.8 Å². The zero-order valence-corrected chi connectivity index (χ0v) is 15.1. The van der Waals surface area contributed by atoms with Gasteiger partial charge in [-0.3, -0.25) is 9.52 Å². The minimum absolute atomic E-state index is 0. The molecule has 1 fully saturated rings. The van der Waals surface area contributed by atoms with E-state index in [1.54, 1.807) is 31.2 Å². The molecule has 1 aliphatic rings. The third kappa shape index (κ3) is 5.62. The van der Waals surface area contributed by atoms with Gasteiger partial charge in [-0.15, -0.1) is 12.4 Å². The molecule has 1 saturated heterocycles. The molecular formula is C15H24ClN3O4S. The van der Waals surface area contributed by atoms with Crippen molar-refractivity contribution in [2.24, 2.45) is 5.92 Å². The number of hydrogen-bond donors (Lipinski definition) is 4. The Hall–Kier alpha value is -1.35. The lowest BCUT2D eigenvalue weighted by atomic mass is 10.1. The Morgan fingerprint density at radius 2 is 2.04 bits per heavy atom. The summed E-state index contributed by atoms with van der Waals surface area (Å²) in [6.07, 6.45) is 0.0181. The zero-order chi connectivity index (χ0) is 16.9. The Bertz CT molecular complexity index is 654. The van der Waals surface area contributed by atoms with E-state index in [4.69, 9.17) is 0 Å². The average Bonchev–Trinajstić information content (AvgIpc) is 2.90. The summed E-state index contributed by atoms with van der Waals surface area (Å²) in [7, 11) is -3.46. The topological polar surface area (TPSA) is 108 Å². The lowest BCUT2D eigenvalue weighted by Crippen LogP contribution is -2.34. The van der Waals surface area contributed by atoms with Gasteiger partial charge in [0.05, 0.1) is 23.1 Å². The number of sulfonamides is 1. The molecule has 1 heterocycles. The van der Waals surface area contributed by atoms with Crippen LogP contribution >= 0.6 is 12.4 Å². The predicted molar refractivity (Wildman–Crippen MR) is 96.1 cm³/mol. The minimum Gasteiger partial charge on any atom is -0.391 e. The smallest absolute Gasteiger partial charge is 0.253 e. The molecule has 0 spiro atoms. The lowest BCUT2D eigenvalue weighted by Gasteiger charge is -2.16. The van der Waals surface area contributed by atoms with E-state index in [2.05, 4.69) is 15.4 Å². The Kier molecular flexibility index (Phi) is 7.95. The Labute approximate surface area is 148 Å². The highest BCUT2D eigenvalue weighted by Crippen LogP contribution is 2.17. The number of aliphatic hydroxyl groups excluding tert-OH is 1. The molecule has 24 heavy (non-hydrogen) atoms. The van der Waals surface area contributed by atoms with Gasteiger partial charge in [-0.05, 0) is 18.6 Å². The molecule has 136 valence electrons. The van der Waals surface area contributed by atoms with Crippen molar-refractivity contribution in [1.29, 1.82) is 0 Å². The first-order valence-corrected chi connectivity index (χ1v) is 9.34. The first kappa shape index (κ1) is 20.7. The quantitative estimate of drug-likeness (QED) is 0.555. The number of β-amino-alcohol motifs (C(OH)–C–C–N with tert-alkyl or cyclic N) is 1. The standard InChI is InChI=1S/C15H23N3O4S.ClH/c1-2-7-23(21,22)18-13-6-4-3-5-12(13)15(20)17-9-11-8-16-10-14(11)19;/h3-6,11,14,16,18-19H,2,7-10H2,1H3,(H,17,20);1H. The molecule has 2 unspecified atom stereocenters. The number of aliphatic hydroxyl groups is 1. The van der Waals surface area contributed by atoms with E-state index in [9.17, 15) is 18.3 Å². The molecule has 0 radical (unpaired) electrons. The van der Waals surface area contributed by atoms with Crippen molar-refractivity contribution in [3.63, 3.8) is 0 Å². The van der Waals surface area contributed by atoms with E-state index in [0.29, 0.717) is 26.1 Å². The lowest BCUT2D eigenvalue weighted by molar-refractivity contribution is 0.0928. The van der Waals surface area contributed by atoms with Gasteiger partial charge < -0.3 is 15.7 Å². The summed E-state index contributed by atoms with van der Waals surface area (Å²) in [6, 6.07) is 6.49. The van der Waals surface area contributed by atoms with Gasteiger partial charge in [-0.25, -0.2) is 8.42 Å². The summed E-state index contributed by atoms with van der Waals surface area (Å²) in [5, 5.41) is 15.5. The van der Waals surface area contributed by atoms with Crippen LogP contribution in [0.1, 0.15) is 23.7 Å². The maximum absolute atomic E-state index is 12.3. The van der Waals surface area contributed by atoms with Crippen molar-refractivity contribution in [3.8, 4) is 0 Å². The van der Waals surface area contributed by atoms with Gasteiger partial charge in [0.25, 0.3) is 5.91 Å². The molecule has 1 aliphatic heterocycles. The molecule has 0 aromatic heterocycles. The summed E-state index contributed by atoms with van der Waals surface area (Å²) in [5.41, 5.74) is 0.538. The van der Waals surface area contributed by atoms with Crippen LogP contribution < -0.4 is 15.4 Å². The fourth-order valence-electron chi connectivity index (χ4n) is 2.50. The average molecular weight is 378 g/mol. The number of nitrogens with one attached hydrogen (secondary N) is 3. The number of amides is 1. The fraction of sp³-hybridized carbons (Fsp3) is 0.533. The Morgan fingerprint density at radius 3 is 2.67 bits per heavy atom. The Balaban J connectivity index is 0.00000288. The third-order valence-corrected chi connectivity index (χ3v) is 5.22. The first-order chi connectivity index (χ1) is 10.9. The van der Waals surface area contributed by atoms with E-state index >= 15 is 0 Å². The summed E-state index contributed by atoms with van der Waals surface area (Å²) in [4.78, 5) is 12.3. The molecule has 0 saturated carbocycles. The fourth-order valence-corrected chi connectivity index (χ4v) is 3.66. The van der Waals surface area contributed by atoms with Gasteiger partial charge in [-0.2, -0.15) is 0 Å². The van der Waals surface area contributed by atoms with E-state index in [1.165, 1.54) is 0 Å². The largest absolute Gasteiger partial charge is 0.391 e. The first-order valence-electron chi connectivity index (χ1n) is 7.69. The SMILES string of the molecule is CCCS(=O)(=O)Nc1ccccc1C(=O)NCC1CNCC1O.Cl. The number of halogens is 1. The van der Waals surface area contributed by atoms with Gasteiger partial charge in [-0.1, -0.05) is 19.1 Å². The number of rotatable bonds is 7. The molecule has 1 aromatic rings. The van der Waals surface area contributed by atoms with Crippen molar-refractivity contribution in [2.45, 2.75) is 19.4 Å². The van der Waals surface area contributed by atoms with Crippen molar-refractivity contribution in [1.82, 2.24) is 10.6 Å². The maximum Gasteiger partial charge on any atom is 0.253 e. The van der Waals surface area contributed by atoms with Gasteiger partial charge in [0.15, 0.2) is 0 Å². The van der Waals surface area contributed by atoms with Crippen LogP contribution in [0, 0.1) is 5.92 Å². The van der Waals surface area contributed by atoms with Crippen LogP contribution in [-0.2, 0) is 10.0 Å². The molecular weight excluding hydrogens is 354 g/mol. The molecule has 1 aromatic carbocycles. The molecule has 0 bridgehead atoms. The second kappa shape index (κ2) is 9.22. The monoisotopic (exact) mass is 377 g/mol. The zero-order valence-electron chi connectivity index (χ0n) is 13.5. The van der Waals surface area contributed by atoms with Crippen molar-refractivity contribution in [2.75, 3.05) is 30.1 Å². The molecule has 0 aliphatic carbocycles. The molecule has 7 nitrogen and oxygen atoms in total. The number of benzene rings is 1. The highest BCUT2D eigenvalue weighted by Gasteiger charge is 2.25. The second-order valence-corrected chi connectivity index (χ2v) is 7.50.